The van der Waals surface area contributed by atoms with Crippen molar-refractivity contribution < 1.29 is 5.11 Å². The third-order valence-corrected chi connectivity index (χ3v) is 4.38. The van der Waals surface area contributed by atoms with E-state index in [1.807, 2.05) is 30.3 Å². The van der Waals surface area contributed by atoms with E-state index in [1.165, 1.54) is 5.56 Å². The summed E-state index contributed by atoms with van der Waals surface area (Å²) in [6.07, 6.45) is 2.31. The zero-order valence-corrected chi connectivity index (χ0v) is 12.2. The molecule has 98 valence electrons. The topological polar surface area (TPSA) is 46.2 Å². The van der Waals surface area contributed by atoms with Gasteiger partial charge < -0.3 is 10.8 Å². The molecule has 1 aliphatic rings. The standard InChI is InChI=1S/C16H16BrNO/c17-13-3-1-11(2-4-13)10-16(19)8-7-12-9-14(18)5-6-15(12)16/h1-6,9,19H,7-8,10,18H2. The van der Waals surface area contributed by atoms with Crippen molar-refractivity contribution in [1.29, 1.82) is 0 Å². The maximum absolute atomic E-state index is 10.9. The zero-order valence-electron chi connectivity index (χ0n) is 10.6. The molecule has 1 atom stereocenters. The average Bonchev–Trinajstić information content (AvgIpc) is 2.69. The van der Waals surface area contributed by atoms with Gasteiger partial charge in [-0.05, 0) is 53.8 Å². The molecule has 0 radical (unpaired) electrons. The maximum Gasteiger partial charge on any atom is 0.0942 e. The Morgan fingerprint density at radius 2 is 1.89 bits per heavy atom. The van der Waals surface area contributed by atoms with Crippen LogP contribution >= 0.6 is 15.9 Å². The van der Waals surface area contributed by atoms with Crippen LogP contribution in [0, 0.1) is 0 Å². The first-order valence-corrected chi connectivity index (χ1v) is 7.22. The lowest BCUT2D eigenvalue weighted by Crippen LogP contribution is -2.25. The molecule has 19 heavy (non-hydrogen) atoms. The first-order valence-electron chi connectivity index (χ1n) is 6.42. The fraction of sp³-hybridized carbons (Fsp3) is 0.250. The predicted octanol–water partition coefficient (Wildman–Crippen LogP) is 3.41. The monoisotopic (exact) mass is 317 g/mol. The molecule has 0 amide bonds. The summed E-state index contributed by atoms with van der Waals surface area (Å²) in [5.41, 5.74) is 9.18. The summed E-state index contributed by atoms with van der Waals surface area (Å²) in [6.45, 7) is 0. The van der Waals surface area contributed by atoms with Gasteiger partial charge in [-0.15, -0.1) is 0 Å². The molecule has 1 unspecified atom stereocenters. The van der Waals surface area contributed by atoms with Gasteiger partial charge >= 0.3 is 0 Å². The van der Waals surface area contributed by atoms with Gasteiger partial charge in [-0.2, -0.15) is 0 Å². The van der Waals surface area contributed by atoms with Gasteiger partial charge in [-0.25, -0.2) is 0 Å². The van der Waals surface area contributed by atoms with Crippen LogP contribution < -0.4 is 5.73 Å². The van der Waals surface area contributed by atoms with E-state index in [9.17, 15) is 5.11 Å². The van der Waals surface area contributed by atoms with Gasteiger partial charge in [-0.1, -0.05) is 34.1 Å². The third kappa shape index (κ3) is 2.40. The Hall–Kier alpha value is -1.32. The van der Waals surface area contributed by atoms with E-state index in [2.05, 4.69) is 28.1 Å². The molecular weight excluding hydrogens is 302 g/mol. The quantitative estimate of drug-likeness (QED) is 0.834. The number of aryl methyl sites for hydroxylation is 1. The number of halogens is 1. The van der Waals surface area contributed by atoms with Crippen molar-refractivity contribution in [3.05, 3.63) is 63.6 Å². The summed E-state index contributed by atoms with van der Waals surface area (Å²) in [4.78, 5) is 0. The lowest BCUT2D eigenvalue weighted by Gasteiger charge is -2.24. The van der Waals surface area contributed by atoms with Crippen LogP contribution in [-0.2, 0) is 18.4 Å². The molecule has 3 heteroatoms. The Morgan fingerprint density at radius 1 is 1.16 bits per heavy atom. The number of anilines is 1. The van der Waals surface area contributed by atoms with E-state index < -0.39 is 5.60 Å². The van der Waals surface area contributed by atoms with Crippen molar-refractivity contribution >= 4 is 21.6 Å². The number of aliphatic hydroxyl groups is 1. The van der Waals surface area contributed by atoms with Gasteiger partial charge in [0.25, 0.3) is 0 Å². The highest BCUT2D eigenvalue weighted by Gasteiger charge is 2.36. The second-order valence-electron chi connectivity index (χ2n) is 5.25. The van der Waals surface area contributed by atoms with Gasteiger partial charge in [0.2, 0.25) is 0 Å². The lowest BCUT2D eigenvalue weighted by atomic mass is 9.89. The van der Waals surface area contributed by atoms with Gasteiger partial charge in [0.1, 0.15) is 0 Å². The fourth-order valence-electron chi connectivity index (χ4n) is 2.87. The van der Waals surface area contributed by atoms with Crippen LogP contribution in [0.4, 0.5) is 5.69 Å². The number of benzene rings is 2. The van der Waals surface area contributed by atoms with Crippen LogP contribution in [0.1, 0.15) is 23.1 Å². The largest absolute Gasteiger partial charge is 0.399 e. The zero-order chi connectivity index (χ0) is 13.5. The number of rotatable bonds is 2. The number of hydrogen-bond acceptors (Lipinski definition) is 2. The molecule has 2 nitrogen and oxygen atoms in total. The molecule has 0 aliphatic heterocycles. The smallest absolute Gasteiger partial charge is 0.0942 e. The van der Waals surface area contributed by atoms with E-state index in [4.69, 9.17) is 5.73 Å². The molecule has 2 aromatic rings. The molecule has 3 rings (SSSR count). The second-order valence-corrected chi connectivity index (χ2v) is 6.17. The third-order valence-electron chi connectivity index (χ3n) is 3.85. The number of nitrogens with two attached hydrogens (primary N) is 1. The van der Waals surface area contributed by atoms with Crippen LogP contribution in [0.3, 0.4) is 0 Å². The SMILES string of the molecule is Nc1ccc2c(c1)CCC2(O)Cc1ccc(Br)cc1. The van der Waals surface area contributed by atoms with Gasteiger partial charge in [-0.3, -0.25) is 0 Å². The van der Waals surface area contributed by atoms with Crippen molar-refractivity contribution in [1.82, 2.24) is 0 Å². The summed E-state index contributed by atoms with van der Waals surface area (Å²) < 4.78 is 1.06. The predicted molar refractivity (Wildman–Crippen MR) is 80.9 cm³/mol. The van der Waals surface area contributed by atoms with Crippen LogP contribution in [-0.4, -0.2) is 5.11 Å². The highest BCUT2D eigenvalue weighted by Crippen LogP contribution is 2.40. The molecule has 1 aliphatic carbocycles. The lowest BCUT2D eigenvalue weighted by molar-refractivity contribution is 0.0390. The Morgan fingerprint density at radius 3 is 2.63 bits per heavy atom. The number of nitrogen functional groups attached to an aromatic ring is 1. The van der Waals surface area contributed by atoms with Crippen LogP contribution in [0.15, 0.2) is 46.9 Å². The van der Waals surface area contributed by atoms with E-state index >= 15 is 0 Å². The van der Waals surface area contributed by atoms with Crippen molar-refractivity contribution in [2.45, 2.75) is 24.9 Å². The molecule has 0 fully saturated rings. The Labute approximate surface area is 121 Å². The first-order chi connectivity index (χ1) is 9.07. The van der Waals surface area contributed by atoms with Crippen molar-refractivity contribution in [2.24, 2.45) is 0 Å². The highest BCUT2D eigenvalue weighted by molar-refractivity contribution is 9.10. The normalized spacial score (nSPS) is 21.4. The maximum atomic E-state index is 10.9. The molecule has 3 N–H and O–H groups in total. The Bertz CT molecular complexity index is 609. The summed E-state index contributed by atoms with van der Waals surface area (Å²) in [6, 6.07) is 14.0. The Kier molecular flexibility index (Phi) is 3.11. The summed E-state index contributed by atoms with van der Waals surface area (Å²) >= 11 is 3.43. The minimum atomic E-state index is -0.753. The summed E-state index contributed by atoms with van der Waals surface area (Å²) in [7, 11) is 0. The summed E-state index contributed by atoms with van der Waals surface area (Å²) in [5.74, 6) is 0. The van der Waals surface area contributed by atoms with E-state index in [-0.39, 0.29) is 0 Å². The molecule has 0 spiro atoms. The number of hydrogen-bond donors (Lipinski definition) is 2. The van der Waals surface area contributed by atoms with Crippen LogP contribution in [0.25, 0.3) is 0 Å². The molecule has 0 heterocycles. The summed E-state index contributed by atoms with van der Waals surface area (Å²) in [5, 5.41) is 10.9. The highest BCUT2D eigenvalue weighted by atomic mass is 79.9. The second kappa shape index (κ2) is 4.66. The first kappa shape index (κ1) is 12.7. The van der Waals surface area contributed by atoms with Crippen LogP contribution in [0.5, 0.6) is 0 Å². The van der Waals surface area contributed by atoms with Crippen molar-refractivity contribution in [2.75, 3.05) is 5.73 Å². The van der Waals surface area contributed by atoms with Crippen molar-refractivity contribution in [3.63, 3.8) is 0 Å². The van der Waals surface area contributed by atoms with E-state index in [0.29, 0.717) is 6.42 Å². The molecule has 2 aromatic carbocycles. The number of fused-ring (bicyclic) bond motifs is 1. The van der Waals surface area contributed by atoms with E-state index in [1.54, 1.807) is 0 Å². The minimum Gasteiger partial charge on any atom is -0.399 e. The molecule has 0 saturated carbocycles. The van der Waals surface area contributed by atoms with Gasteiger partial charge in [0.05, 0.1) is 5.60 Å². The van der Waals surface area contributed by atoms with E-state index in [0.717, 1.165) is 34.1 Å². The molecule has 0 bridgehead atoms. The average molecular weight is 318 g/mol. The molecular formula is C16H16BrNO. The van der Waals surface area contributed by atoms with Gasteiger partial charge in [0, 0.05) is 16.6 Å². The van der Waals surface area contributed by atoms with Crippen LogP contribution in [0.2, 0.25) is 0 Å². The molecule has 0 saturated heterocycles. The fourth-order valence-corrected chi connectivity index (χ4v) is 3.14. The van der Waals surface area contributed by atoms with Crippen molar-refractivity contribution in [3.8, 4) is 0 Å². The minimum absolute atomic E-state index is 0.650. The van der Waals surface area contributed by atoms with Gasteiger partial charge in [0.15, 0.2) is 0 Å². The Balaban J connectivity index is 1.92. The molecule has 0 aromatic heterocycles.